The van der Waals surface area contributed by atoms with Crippen LogP contribution in [0.5, 0.6) is 0 Å². The van der Waals surface area contributed by atoms with Crippen LogP contribution in [0.2, 0.25) is 0 Å². The monoisotopic (exact) mass is 340 g/mol. The Morgan fingerprint density at radius 1 is 1.32 bits per heavy atom. The molecular formula is C13H16N4O3S2. The number of sulfonamides is 1. The third kappa shape index (κ3) is 3.61. The molecule has 0 aliphatic carbocycles. The summed E-state index contributed by atoms with van der Waals surface area (Å²) in [6, 6.07) is 4.99. The molecule has 0 unspecified atom stereocenters. The molecule has 0 spiro atoms. The molecule has 2 aromatic heterocycles. The largest absolute Gasteiger partial charge is 0.378 e. The Kier molecular flexibility index (Phi) is 4.67. The van der Waals surface area contributed by atoms with Gasteiger partial charge in [0.2, 0.25) is 16.0 Å². The van der Waals surface area contributed by atoms with E-state index in [0.717, 1.165) is 13.1 Å². The lowest BCUT2D eigenvalue weighted by Gasteiger charge is -2.26. The van der Waals surface area contributed by atoms with E-state index < -0.39 is 10.0 Å². The molecule has 1 fully saturated rings. The minimum Gasteiger partial charge on any atom is -0.378 e. The van der Waals surface area contributed by atoms with E-state index >= 15 is 0 Å². The Morgan fingerprint density at radius 2 is 2.14 bits per heavy atom. The summed E-state index contributed by atoms with van der Waals surface area (Å²) in [6.07, 6.45) is 1.65. The van der Waals surface area contributed by atoms with Gasteiger partial charge in [-0.25, -0.2) is 23.1 Å². The molecule has 2 aromatic rings. The lowest BCUT2D eigenvalue weighted by Crippen LogP contribution is -2.37. The first kappa shape index (κ1) is 15.3. The summed E-state index contributed by atoms with van der Waals surface area (Å²) in [7, 11) is -3.48. The number of rotatable bonds is 5. The van der Waals surface area contributed by atoms with Crippen molar-refractivity contribution in [3.8, 4) is 0 Å². The molecule has 1 aliphatic rings. The number of nitrogens with one attached hydrogen (secondary N) is 1. The van der Waals surface area contributed by atoms with Crippen molar-refractivity contribution < 1.29 is 13.2 Å². The maximum atomic E-state index is 12.1. The van der Waals surface area contributed by atoms with Gasteiger partial charge in [-0.05, 0) is 17.5 Å². The third-order valence-corrected chi connectivity index (χ3v) is 6.00. The fourth-order valence-electron chi connectivity index (χ4n) is 2.06. The predicted octanol–water partition coefficient (Wildman–Crippen LogP) is 0.853. The fraction of sp³-hybridized carbons (Fsp3) is 0.385. The quantitative estimate of drug-likeness (QED) is 0.869. The number of ether oxygens (including phenoxy) is 1. The van der Waals surface area contributed by atoms with Gasteiger partial charge in [0.15, 0.2) is 0 Å². The van der Waals surface area contributed by atoms with Crippen LogP contribution in [0.15, 0.2) is 34.0 Å². The van der Waals surface area contributed by atoms with Crippen LogP contribution in [-0.2, 0) is 21.3 Å². The first-order valence-electron chi connectivity index (χ1n) is 6.83. The van der Waals surface area contributed by atoms with Crippen LogP contribution >= 0.6 is 11.3 Å². The maximum absolute atomic E-state index is 12.1. The highest BCUT2D eigenvalue weighted by Gasteiger charge is 2.17. The molecular weight excluding hydrogens is 324 g/mol. The van der Waals surface area contributed by atoms with E-state index in [1.54, 1.807) is 29.8 Å². The standard InChI is InChI=1S/C13H16N4O3S2/c18-22(19,12-2-1-9-21-12)15-10-11-3-4-14-13(16-11)17-5-7-20-8-6-17/h1-4,9,15H,5-8,10H2. The predicted molar refractivity (Wildman–Crippen MR) is 83.4 cm³/mol. The Labute approximate surface area is 133 Å². The second kappa shape index (κ2) is 6.69. The van der Waals surface area contributed by atoms with Crippen LogP contribution in [0.25, 0.3) is 0 Å². The lowest BCUT2D eigenvalue weighted by atomic mass is 10.4. The normalized spacial score (nSPS) is 15.9. The Balaban J connectivity index is 1.68. The average Bonchev–Trinajstić information content (AvgIpc) is 3.10. The van der Waals surface area contributed by atoms with Crippen molar-refractivity contribution in [3.63, 3.8) is 0 Å². The van der Waals surface area contributed by atoms with E-state index in [1.807, 2.05) is 4.90 Å². The molecule has 7 nitrogen and oxygen atoms in total. The highest BCUT2D eigenvalue weighted by atomic mass is 32.2. The van der Waals surface area contributed by atoms with Crippen molar-refractivity contribution in [2.24, 2.45) is 0 Å². The summed E-state index contributed by atoms with van der Waals surface area (Å²) >= 11 is 1.19. The van der Waals surface area contributed by atoms with Crippen molar-refractivity contribution in [3.05, 3.63) is 35.5 Å². The van der Waals surface area contributed by atoms with E-state index in [4.69, 9.17) is 4.74 Å². The van der Waals surface area contributed by atoms with E-state index in [2.05, 4.69) is 14.7 Å². The van der Waals surface area contributed by atoms with E-state index in [9.17, 15) is 8.42 Å². The molecule has 118 valence electrons. The second-order valence-corrected chi connectivity index (χ2v) is 7.65. The lowest BCUT2D eigenvalue weighted by molar-refractivity contribution is 0.122. The molecule has 3 heterocycles. The highest BCUT2D eigenvalue weighted by molar-refractivity contribution is 7.91. The van der Waals surface area contributed by atoms with E-state index in [0.29, 0.717) is 29.1 Å². The zero-order valence-corrected chi connectivity index (χ0v) is 13.4. The number of hydrogen-bond donors (Lipinski definition) is 1. The van der Waals surface area contributed by atoms with Crippen LogP contribution < -0.4 is 9.62 Å². The topological polar surface area (TPSA) is 84.4 Å². The number of hydrogen-bond acceptors (Lipinski definition) is 7. The summed E-state index contributed by atoms with van der Waals surface area (Å²) in [5.74, 6) is 0.608. The van der Waals surface area contributed by atoms with Gasteiger partial charge >= 0.3 is 0 Å². The van der Waals surface area contributed by atoms with Gasteiger partial charge < -0.3 is 9.64 Å². The zero-order chi connectivity index (χ0) is 15.4. The van der Waals surface area contributed by atoms with E-state index in [-0.39, 0.29) is 6.54 Å². The molecule has 0 aromatic carbocycles. The summed E-state index contributed by atoms with van der Waals surface area (Å²) in [5, 5.41) is 1.73. The Hall–Kier alpha value is -1.55. The van der Waals surface area contributed by atoms with Gasteiger partial charge in [-0.15, -0.1) is 11.3 Å². The molecule has 1 saturated heterocycles. The molecule has 0 radical (unpaired) electrons. The van der Waals surface area contributed by atoms with Crippen LogP contribution in [0.3, 0.4) is 0 Å². The molecule has 0 saturated carbocycles. The summed E-state index contributed by atoms with van der Waals surface area (Å²) < 4.78 is 32.3. The SMILES string of the molecule is O=S(=O)(NCc1ccnc(N2CCOCC2)n1)c1cccs1. The van der Waals surface area contributed by atoms with Crippen molar-refractivity contribution in [1.29, 1.82) is 0 Å². The van der Waals surface area contributed by atoms with Crippen LogP contribution in [0.1, 0.15) is 5.69 Å². The summed E-state index contributed by atoms with van der Waals surface area (Å²) in [4.78, 5) is 10.7. The number of anilines is 1. The first-order chi connectivity index (χ1) is 10.6. The van der Waals surface area contributed by atoms with Gasteiger partial charge in [0.05, 0.1) is 25.5 Å². The summed E-state index contributed by atoms with van der Waals surface area (Å²) in [5.41, 5.74) is 0.636. The molecule has 3 rings (SSSR count). The van der Waals surface area contributed by atoms with Crippen molar-refractivity contribution in [2.45, 2.75) is 10.8 Å². The first-order valence-corrected chi connectivity index (χ1v) is 9.19. The van der Waals surface area contributed by atoms with Gasteiger partial charge in [0.25, 0.3) is 0 Å². The van der Waals surface area contributed by atoms with Gasteiger partial charge in [-0.3, -0.25) is 0 Å². The molecule has 0 amide bonds. The third-order valence-electron chi connectivity index (χ3n) is 3.20. The molecule has 1 aliphatic heterocycles. The zero-order valence-electron chi connectivity index (χ0n) is 11.8. The van der Waals surface area contributed by atoms with Crippen LogP contribution in [0, 0.1) is 0 Å². The van der Waals surface area contributed by atoms with Gasteiger partial charge in [-0.2, -0.15) is 0 Å². The maximum Gasteiger partial charge on any atom is 0.250 e. The van der Waals surface area contributed by atoms with Crippen molar-refractivity contribution in [2.75, 3.05) is 31.2 Å². The number of nitrogens with zero attached hydrogens (tertiary/aromatic N) is 3. The highest BCUT2D eigenvalue weighted by Crippen LogP contribution is 2.16. The van der Waals surface area contributed by atoms with Crippen LogP contribution in [-0.4, -0.2) is 44.7 Å². The second-order valence-electron chi connectivity index (χ2n) is 4.70. The summed E-state index contributed by atoms with van der Waals surface area (Å²) in [6.45, 7) is 2.92. The van der Waals surface area contributed by atoms with Crippen LogP contribution in [0.4, 0.5) is 5.95 Å². The van der Waals surface area contributed by atoms with Crippen molar-refractivity contribution >= 4 is 27.3 Å². The Morgan fingerprint density at radius 3 is 2.86 bits per heavy atom. The molecule has 0 atom stereocenters. The minimum atomic E-state index is -3.48. The molecule has 1 N–H and O–H groups in total. The van der Waals surface area contributed by atoms with E-state index in [1.165, 1.54) is 11.3 Å². The fourth-order valence-corrected chi connectivity index (χ4v) is 4.09. The molecule has 9 heteroatoms. The smallest absolute Gasteiger partial charge is 0.250 e. The Bertz CT molecular complexity index is 713. The van der Waals surface area contributed by atoms with Gasteiger partial charge in [0, 0.05) is 19.3 Å². The van der Waals surface area contributed by atoms with Gasteiger partial charge in [0.1, 0.15) is 4.21 Å². The van der Waals surface area contributed by atoms with Crippen molar-refractivity contribution in [1.82, 2.24) is 14.7 Å². The molecule has 0 bridgehead atoms. The number of morpholine rings is 1. The minimum absolute atomic E-state index is 0.139. The molecule has 22 heavy (non-hydrogen) atoms. The van der Waals surface area contributed by atoms with Gasteiger partial charge in [-0.1, -0.05) is 6.07 Å². The number of thiophene rings is 1. The average molecular weight is 340 g/mol. The number of aromatic nitrogens is 2.